The minimum atomic E-state index is -0.423. The van der Waals surface area contributed by atoms with Gasteiger partial charge in [0, 0.05) is 37.3 Å². The normalized spacial score (nSPS) is 20.0. The molecule has 2 heterocycles. The van der Waals surface area contributed by atoms with Crippen LogP contribution in [0, 0.1) is 5.92 Å². The Balaban J connectivity index is 1.80. The zero-order valence-corrected chi connectivity index (χ0v) is 15.0. The number of anilines is 1. The molecule has 0 aliphatic carbocycles. The van der Waals surface area contributed by atoms with Gasteiger partial charge in [-0.05, 0) is 37.0 Å². The van der Waals surface area contributed by atoms with Crippen LogP contribution in [-0.2, 0) is 16.0 Å². The van der Waals surface area contributed by atoms with Gasteiger partial charge in [0.25, 0.3) is 5.91 Å². The Kier molecular flexibility index (Phi) is 4.79. The van der Waals surface area contributed by atoms with E-state index in [0.717, 1.165) is 12.0 Å². The smallest absolute Gasteiger partial charge is 0.253 e. The van der Waals surface area contributed by atoms with Crippen LogP contribution in [0.3, 0.4) is 0 Å². The number of benzene rings is 1. The summed E-state index contributed by atoms with van der Waals surface area (Å²) in [5.41, 5.74) is 2.22. The van der Waals surface area contributed by atoms with Crippen LogP contribution in [0.25, 0.3) is 0 Å². The molecule has 0 aromatic heterocycles. The number of fused-ring (bicyclic) bond motifs is 1. The summed E-state index contributed by atoms with van der Waals surface area (Å²) in [4.78, 5) is 40.8. The highest BCUT2D eigenvalue weighted by Crippen LogP contribution is 2.27. The number of nitrogens with one attached hydrogen (secondary N) is 1. The van der Waals surface area contributed by atoms with E-state index >= 15 is 0 Å². The summed E-state index contributed by atoms with van der Waals surface area (Å²) in [5.74, 6) is -0.281. The van der Waals surface area contributed by atoms with E-state index in [1.165, 1.54) is 0 Å². The number of likely N-dealkylation sites (N-methyl/N-ethyl adjacent to an activating group) is 1. The molecule has 134 valence electrons. The molecule has 6 nitrogen and oxygen atoms in total. The highest BCUT2D eigenvalue weighted by Gasteiger charge is 2.35. The van der Waals surface area contributed by atoms with Gasteiger partial charge in [0.05, 0.1) is 0 Å². The lowest BCUT2D eigenvalue weighted by atomic mass is 9.97. The van der Waals surface area contributed by atoms with Gasteiger partial charge in [0.2, 0.25) is 11.8 Å². The van der Waals surface area contributed by atoms with Crippen molar-refractivity contribution in [3.63, 3.8) is 0 Å². The SMILES string of the molecule is CC(C)C(=O)N1CCCC1C(=O)Nc1cccc2c1CCN(C)C2=O. The molecule has 25 heavy (non-hydrogen) atoms. The Morgan fingerprint density at radius 2 is 2.00 bits per heavy atom. The fourth-order valence-corrected chi connectivity index (χ4v) is 3.61. The Labute approximate surface area is 148 Å². The number of carbonyl (C=O) groups excluding carboxylic acids is 3. The summed E-state index contributed by atoms with van der Waals surface area (Å²) in [7, 11) is 1.78. The molecule has 0 bridgehead atoms. The van der Waals surface area contributed by atoms with Crippen molar-refractivity contribution in [1.82, 2.24) is 9.80 Å². The van der Waals surface area contributed by atoms with Crippen molar-refractivity contribution in [3.05, 3.63) is 29.3 Å². The lowest BCUT2D eigenvalue weighted by Crippen LogP contribution is -2.45. The van der Waals surface area contributed by atoms with Crippen LogP contribution < -0.4 is 5.32 Å². The molecule has 0 spiro atoms. The third kappa shape index (κ3) is 3.25. The predicted octanol–water partition coefficient (Wildman–Crippen LogP) is 1.90. The second-order valence-electron chi connectivity index (χ2n) is 7.14. The minimum Gasteiger partial charge on any atom is -0.341 e. The van der Waals surface area contributed by atoms with Crippen LogP contribution in [0.4, 0.5) is 5.69 Å². The number of carbonyl (C=O) groups is 3. The van der Waals surface area contributed by atoms with Crippen molar-refractivity contribution < 1.29 is 14.4 Å². The molecule has 2 aliphatic rings. The molecule has 3 amide bonds. The summed E-state index contributed by atoms with van der Waals surface area (Å²) < 4.78 is 0. The minimum absolute atomic E-state index is 0.0181. The van der Waals surface area contributed by atoms with Crippen LogP contribution in [0.1, 0.15) is 42.6 Å². The number of nitrogens with zero attached hydrogens (tertiary/aromatic N) is 2. The van der Waals surface area contributed by atoms with Gasteiger partial charge >= 0.3 is 0 Å². The summed E-state index contributed by atoms with van der Waals surface area (Å²) in [5, 5.41) is 2.97. The van der Waals surface area contributed by atoms with Crippen LogP contribution in [0.5, 0.6) is 0 Å². The van der Waals surface area contributed by atoms with E-state index in [2.05, 4.69) is 5.32 Å². The lowest BCUT2D eigenvalue weighted by molar-refractivity contribution is -0.139. The average molecular weight is 343 g/mol. The molecule has 0 radical (unpaired) electrons. The predicted molar refractivity (Wildman–Crippen MR) is 95.3 cm³/mol. The molecular weight excluding hydrogens is 318 g/mol. The van der Waals surface area contributed by atoms with Crippen molar-refractivity contribution in [2.24, 2.45) is 5.92 Å². The monoisotopic (exact) mass is 343 g/mol. The van der Waals surface area contributed by atoms with E-state index in [1.54, 1.807) is 29.0 Å². The van der Waals surface area contributed by atoms with Gasteiger partial charge in [-0.2, -0.15) is 0 Å². The first-order valence-corrected chi connectivity index (χ1v) is 8.89. The Bertz CT molecular complexity index is 714. The van der Waals surface area contributed by atoms with Crippen molar-refractivity contribution in [2.75, 3.05) is 25.5 Å². The fourth-order valence-electron chi connectivity index (χ4n) is 3.61. The van der Waals surface area contributed by atoms with Crippen molar-refractivity contribution >= 4 is 23.4 Å². The number of hydrogen-bond donors (Lipinski definition) is 1. The van der Waals surface area contributed by atoms with E-state index in [4.69, 9.17) is 0 Å². The fraction of sp³-hybridized carbons (Fsp3) is 0.526. The molecule has 1 fully saturated rings. The maximum atomic E-state index is 12.8. The Morgan fingerprint density at radius 1 is 1.24 bits per heavy atom. The molecule has 1 N–H and O–H groups in total. The van der Waals surface area contributed by atoms with Gasteiger partial charge in [-0.1, -0.05) is 19.9 Å². The van der Waals surface area contributed by atoms with Crippen LogP contribution >= 0.6 is 0 Å². The standard InChI is InChI=1S/C19H25N3O3/c1-12(2)18(24)22-10-5-8-16(22)17(23)20-15-7-4-6-14-13(15)9-11-21(3)19(14)25/h4,6-7,12,16H,5,8-11H2,1-3H3,(H,20,23). The van der Waals surface area contributed by atoms with Crippen LogP contribution in [0.15, 0.2) is 18.2 Å². The van der Waals surface area contributed by atoms with Gasteiger partial charge in [0.15, 0.2) is 0 Å². The third-order valence-electron chi connectivity index (χ3n) is 5.04. The molecule has 0 saturated carbocycles. The van der Waals surface area contributed by atoms with Crippen molar-refractivity contribution in [1.29, 1.82) is 0 Å². The zero-order valence-electron chi connectivity index (χ0n) is 15.0. The molecular formula is C19H25N3O3. The van der Waals surface area contributed by atoms with Crippen molar-refractivity contribution in [2.45, 2.75) is 39.2 Å². The average Bonchev–Trinajstić information content (AvgIpc) is 3.07. The van der Waals surface area contributed by atoms with E-state index in [1.807, 2.05) is 19.9 Å². The van der Waals surface area contributed by atoms with Gasteiger partial charge in [-0.25, -0.2) is 0 Å². The van der Waals surface area contributed by atoms with E-state index in [0.29, 0.717) is 37.2 Å². The van der Waals surface area contributed by atoms with Gasteiger partial charge in [-0.3, -0.25) is 14.4 Å². The first-order valence-electron chi connectivity index (χ1n) is 8.89. The molecule has 1 atom stereocenters. The molecule has 2 aliphatic heterocycles. The zero-order chi connectivity index (χ0) is 18.1. The van der Waals surface area contributed by atoms with Crippen molar-refractivity contribution in [3.8, 4) is 0 Å². The Hall–Kier alpha value is -2.37. The number of amides is 3. The molecule has 1 saturated heterocycles. The first-order chi connectivity index (χ1) is 11.9. The van der Waals surface area contributed by atoms with E-state index in [9.17, 15) is 14.4 Å². The molecule has 1 aromatic rings. The number of hydrogen-bond acceptors (Lipinski definition) is 3. The molecule has 1 aromatic carbocycles. The summed E-state index contributed by atoms with van der Waals surface area (Å²) in [6.45, 7) is 4.97. The molecule has 1 unspecified atom stereocenters. The van der Waals surface area contributed by atoms with E-state index in [-0.39, 0.29) is 23.6 Å². The number of rotatable bonds is 3. The van der Waals surface area contributed by atoms with Gasteiger partial charge in [0.1, 0.15) is 6.04 Å². The topological polar surface area (TPSA) is 69.7 Å². The number of likely N-dealkylation sites (tertiary alicyclic amines) is 1. The third-order valence-corrected chi connectivity index (χ3v) is 5.04. The summed E-state index contributed by atoms with van der Waals surface area (Å²) in [6.07, 6.45) is 2.24. The summed E-state index contributed by atoms with van der Waals surface area (Å²) >= 11 is 0. The van der Waals surface area contributed by atoms with Crippen LogP contribution in [0.2, 0.25) is 0 Å². The maximum absolute atomic E-state index is 12.8. The molecule has 6 heteroatoms. The van der Waals surface area contributed by atoms with Gasteiger partial charge in [-0.15, -0.1) is 0 Å². The Morgan fingerprint density at radius 3 is 2.72 bits per heavy atom. The lowest BCUT2D eigenvalue weighted by Gasteiger charge is -2.28. The maximum Gasteiger partial charge on any atom is 0.253 e. The summed E-state index contributed by atoms with van der Waals surface area (Å²) in [6, 6.07) is 5.00. The highest BCUT2D eigenvalue weighted by molar-refractivity contribution is 6.02. The van der Waals surface area contributed by atoms with Gasteiger partial charge < -0.3 is 15.1 Å². The van der Waals surface area contributed by atoms with Crippen LogP contribution in [-0.4, -0.2) is 53.7 Å². The second kappa shape index (κ2) is 6.86. The first kappa shape index (κ1) is 17.5. The quantitative estimate of drug-likeness (QED) is 0.911. The molecule has 3 rings (SSSR count). The largest absolute Gasteiger partial charge is 0.341 e. The second-order valence-corrected chi connectivity index (χ2v) is 7.14. The highest BCUT2D eigenvalue weighted by atomic mass is 16.2. The van der Waals surface area contributed by atoms with E-state index < -0.39 is 6.04 Å².